The number of esters is 1. The van der Waals surface area contributed by atoms with Gasteiger partial charge in [0.25, 0.3) is 0 Å². The fraction of sp³-hybridized carbons (Fsp3) is 0.286. The molecular formula is C21H23NO4S. The molecule has 3 rings (SSSR count). The number of hydrogen-bond donors (Lipinski definition) is 0. The van der Waals surface area contributed by atoms with E-state index in [9.17, 15) is 13.2 Å². The number of piperidine rings is 1. The van der Waals surface area contributed by atoms with Crippen LogP contribution >= 0.6 is 0 Å². The summed E-state index contributed by atoms with van der Waals surface area (Å²) in [4.78, 5) is 12.4. The fourth-order valence-electron chi connectivity index (χ4n) is 2.99. The number of carbonyl (C=O) groups excluding carboxylic acids is 1. The minimum atomic E-state index is -3.57. The molecule has 0 aliphatic carbocycles. The molecule has 2 aromatic rings. The van der Waals surface area contributed by atoms with Gasteiger partial charge in [-0.2, -0.15) is 4.31 Å². The van der Waals surface area contributed by atoms with Gasteiger partial charge in [-0.15, -0.1) is 0 Å². The van der Waals surface area contributed by atoms with Crippen LogP contribution in [0.25, 0.3) is 6.08 Å². The van der Waals surface area contributed by atoms with E-state index >= 15 is 0 Å². The van der Waals surface area contributed by atoms with E-state index in [2.05, 4.69) is 0 Å². The topological polar surface area (TPSA) is 63.7 Å². The van der Waals surface area contributed by atoms with Crippen molar-refractivity contribution in [3.63, 3.8) is 0 Å². The van der Waals surface area contributed by atoms with E-state index in [4.69, 9.17) is 4.74 Å². The van der Waals surface area contributed by atoms with E-state index in [1.165, 1.54) is 16.4 Å². The van der Waals surface area contributed by atoms with E-state index in [0.29, 0.717) is 13.1 Å². The highest BCUT2D eigenvalue weighted by molar-refractivity contribution is 7.89. The number of ether oxygens (including phenoxy) is 1. The van der Waals surface area contributed by atoms with Gasteiger partial charge in [-0.1, -0.05) is 48.9 Å². The molecule has 0 spiro atoms. The smallest absolute Gasteiger partial charge is 0.338 e. The third kappa shape index (κ3) is 5.05. The number of benzene rings is 2. The summed E-state index contributed by atoms with van der Waals surface area (Å²) >= 11 is 0. The molecule has 27 heavy (non-hydrogen) atoms. The SMILES string of the molecule is O=C(OCC=Cc1ccccc1)c1cccc(S(=O)(=O)N2CCCCC2)c1. The average Bonchev–Trinajstić information content (AvgIpc) is 2.72. The van der Waals surface area contributed by atoms with Crippen molar-refractivity contribution in [2.24, 2.45) is 0 Å². The van der Waals surface area contributed by atoms with Crippen LogP contribution in [0.1, 0.15) is 35.2 Å². The first kappa shape index (κ1) is 19.3. The van der Waals surface area contributed by atoms with Gasteiger partial charge in [-0.3, -0.25) is 0 Å². The summed E-state index contributed by atoms with van der Waals surface area (Å²) in [6, 6.07) is 15.8. The second kappa shape index (κ2) is 8.97. The second-order valence-corrected chi connectivity index (χ2v) is 8.34. The third-order valence-corrected chi connectivity index (χ3v) is 6.34. The Hall–Kier alpha value is -2.44. The first-order chi connectivity index (χ1) is 13.1. The molecule has 0 amide bonds. The van der Waals surface area contributed by atoms with E-state index in [0.717, 1.165) is 24.8 Å². The van der Waals surface area contributed by atoms with Crippen LogP contribution in [-0.2, 0) is 14.8 Å². The highest BCUT2D eigenvalue weighted by Gasteiger charge is 2.26. The quantitative estimate of drug-likeness (QED) is 0.711. The number of hydrogen-bond acceptors (Lipinski definition) is 4. The van der Waals surface area contributed by atoms with Crippen LogP contribution in [0.5, 0.6) is 0 Å². The van der Waals surface area contributed by atoms with Crippen molar-refractivity contribution in [3.05, 3.63) is 71.8 Å². The lowest BCUT2D eigenvalue weighted by molar-refractivity contribution is 0.0550. The van der Waals surface area contributed by atoms with Gasteiger partial charge in [0.2, 0.25) is 10.0 Å². The lowest BCUT2D eigenvalue weighted by Gasteiger charge is -2.25. The minimum Gasteiger partial charge on any atom is -0.458 e. The summed E-state index contributed by atoms with van der Waals surface area (Å²) < 4.78 is 32.2. The standard InChI is InChI=1S/C21H23NO4S/c23-21(26-16-8-11-18-9-3-1-4-10-18)19-12-7-13-20(17-19)27(24,25)22-14-5-2-6-15-22/h1,3-4,7-13,17H,2,5-6,14-16H2. The average molecular weight is 385 g/mol. The maximum absolute atomic E-state index is 12.7. The highest BCUT2D eigenvalue weighted by atomic mass is 32.2. The zero-order chi connectivity index (χ0) is 19.1. The molecule has 2 aromatic carbocycles. The summed E-state index contributed by atoms with van der Waals surface area (Å²) in [6.45, 7) is 1.18. The Balaban J connectivity index is 1.64. The molecule has 0 radical (unpaired) electrons. The Bertz CT molecular complexity index is 901. The van der Waals surface area contributed by atoms with Gasteiger partial charge in [-0.25, -0.2) is 13.2 Å². The van der Waals surface area contributed by atoms with Crippen molar-refractivity contribution in [1.29, 1.82) is 0 Å². The Morgan fingerprint density at radius 3 is 2.48 bits per heavy atom. The molecule has 1 heterocycles. The molecule has 0 atom stereocenters. The van der Waals surface area contributed by atoms with Crippen LogP contribution in [-0.4, -0.2) is 38.4 Å². The first-order valence-electron chi connectivity index (χ1n) is 9.06. The summed E-state index contributed by atoms with van der Waals surface area (Å²) in [5, 5.41) is 0. The highest BCUT2D eigenvalue weighted by Crippen LogP contribution is 2.21. The van der Waals surface area contributed by atoms with Crippen molar-refractivity contribution in [2.45, 2.75) is 24.2 Å². The number of carbonyl (C=O) groups is 1. The van der Waals surface area contributed by atoms with Gasteiger partial charge < -0.3 is 4.74 Å². The molecule has 0 unspecified atom stereocenters. The molecule has 6 heteroatoms. The molecular weight excluding hydrogens is 362 g/mol. The molecule has 0 aromatic heterocycles. The normalized spacial score (nSPS) is 15.7. The number of sulfonamides is 1. The van der Waals surface area contributed by atoms with Gasteiger partial charge in [0, 0.05) is 13.1 Å². The predicted molar refractivity (Wildman–Crippen MR) is 105 cm³/mol. The molecule has 5 nitrogen and oxygen atoms in total. The molecule has 0 saturated carbocycles. The molecule has 142 valence electrons. The lowest BCUT2D eigenvalue weighted by Crippen LogP contribution is -2.35. The summed E-state index contributed by atoms with van der Waals surface area (Å²) in [6.07, 6.45) is 6.41. The van der Waals surface area contributed by atoms with Crippen LogP contribution in [0.2, 0.25) is 0 Å². The number of rotatable bonds is 6. The van der Waals surface area contributed by atoms with Crippen LogP contribution < -0.4 is 0 Å². The van der Waals surface area contributed by atoms with Gasteiger partial charge in [0.15, 0.2) is 0 Å². The Labute approximate surface area is 160 Å². The van der Waals surface area contributed by atoms with E-state index in [-0.39, 0.29) is 17.1 Å². The first-order valence-corrected chi connectivity index (χ1v) is 10.5. The molecule has 1 aliphatic heterocycles. The zero-order valence-electron chi connectivity index (χ0n) is 15.1. The van der Waals surface area contributed by atoms with Crippen LogP contribution in [0.3, 0.4) is 0 Å². The minimum absolute atomic E-state index is 0.122. The maximum Gasteiger partial charge on any atom is 0.338 e. The second-order valence-electron chi connectivity index (χ2n) is 6.40. The summed E-state index contributed by atoms with van der Waals surface area (Å²) in [5.74, 6) is -0.539. The number of nitrogens with zero attached hydrogens (tertiary/aromatic N) is 1. The lowest BCUT2D eigenvalue weighted by atomic mass is 10.2. The third-order valence-electron chi connectivity index (χ3n) is 4.44. The van der Waals surface area contributed by atoms with Crippen molar-refractivity contribution in [1.82, 2.24) is 4.31 Å². The van der Waals surface area contributed by atoms with E-state index in [1.807, 2.05) is 36.4 Å². The summed E-state index contributed by atoms with van der Waals surface area (Å²) in [7, 11) is -3.57. The van der Waals surface area contributed by atoms with Crippen LogP contribution in [0.4, 0.5) is 0 Å². The monoisotopic (exact) mass is 385 g/mol. The maximum atomic E-state index is 12.7. The van der Waals surface area contributed by atoms with Gasteiger partial charge in [0.05, 0.1) is 10.5 Å². The Morgan fingerprint density at radius 2 is 1.74 bits per heavy atom. The molecule has 0 bridgehead atoms. The van der Waals surface area contributed by atoms with Gasteiger partial charge in [0.1, 0.15) is 6.61 Å². The van der Waals surface area contributed by atoms with Crippen molar-refractivity contribution >= 4 is 22.1 Å². The van der Waals surface area contributed by atoms with Crippen molar-refractivity contribution in [3.8, 4) is 0 Å². The largest absolute Gasteiger partial charge is 0.458 e. The predicted octanol–water partition coefficient (Wildman–Crippen LogP) is 3.73. The molecule has 1 aliphatic rings. The van der Waals surface area contributed by atoms with Gasteiger partial charge >= 0.3 is 5.97 Å². The molecule has 1 fully saturated rings. The van der Waals surface area contributed by atoms with Crippen molar-refractivity contribution < 1.29 is 17.9 Å². The van der Waals surface area contributed by atoms with Crippen LogP contribution in [0, 0.1) is 0 Å². The Morgan fingerprint density at radius 1 is 1.00 bits per heavy atom. The van der Waals surface area contributed by atoms with Crippen LogP contribution in [0.15, 0.2) is 65.6 Å². The summed E-state index contributed by atoms with van der Waals surface area (Å²) in [5.41, 5.74) is 1.25. The van der Waals surface area contributed by atoms with Crippen molar-refractivity contribution in [2.75, 3.05) is 19.7 Å². The Kier molecular flexibility index (Phi) is 6.42. The van der Waals surface area contributed by atoms with E-state index < -0.39 is 16.0 Å². The zero-order valence-corrected chi connectivity index (χ0v) is 15.9. The van der Waals surface area contributed by atoms with E-state index in [1.54, 1.807) is 18.2 Å². The fourth-order valence-corrected chi connectivity index (χ4v) is 4.56. The molecule has 1 saturated heterocycles. The molecule has 0 N–H and O–H groups in total. The van der Waals surface area contributed by atoms with Gasteiger partial charge in [-0.05, 0) is 42.7 Å².